The van der Waals surface area contributed by atoms with E-state index >= 15 is 0 Å². The molecule has 0 aliphatic carbocycles. The van der Waals surface area contributed by atoms with Crippen molar-refractivity contribution in [2.24, 2.45) is 45.9 Å². The fourth-order valence-corrected chi connectivity index (χ4v) is 9.07. The summed E-state index contributed by atoms with van der Waals surface area (Å²) in [6, 6.07) is -5.03. The highest BCUT2D eigenvalue weighted by Gasteiger charge is 2.40. The Labute approximate surface area is 508 Å². The highest BCUT2D eigenvalue weighted by molar-refractivity contribution is 6.02. The van der Waals surface area contributed by atoms with Crippen LogP contribution in [0.15, 0.2) is 36.2 Å². The molecule has 32 nitrogen and oxygen atoms in total. The molecule has 0 bridgehead atoms. The monoisotopic (exact) mass is 1230 g/mol. The summed E-state index contributed by atoms with van der Waals surface area (Å²) in [4.78, 5) is 143. The number of aliphatic hydroxyl groups is 1. The largest absolute Gasteiger partial charge is 0.389 e. The van der Waals surface area contributed by atoms with Crippen molar-refractivity contribution in [3.8, 4) is 0 Å². The molecule has 0 unspecified atom stereocenters. The summed E-state index contributed by atoms with van der Waals surface area (Å²) in [5.41, 5.74) is 45.6. The first kappa shape index (κ1) is 75.6. The van der Waals surface area contributed by atoms with E-state index in [0.717, 1.165) is 0 Å². The average molecular weight is 1230 g/mol. The molecular weight excluding hydrogens is 1130 g/mol. The van der Waals surface area contributed by atoms with Crippen molar-refractivity contribution in [2.45, 2.75) is 171 Å². The molecule has 490 valence electrons. The Kier molecular flexibility index (Phi) is 37.6. The molecule has 1 fully saturated rings. The molecule has 2 heterocycles. The van der Waals surface area contributed by atoms with Crippen LogP contribution in [0, 0.1) is 5.41 Å². The van der Waals surface area contributed by atoms with Crippen LogP contribution in [0.1, 0.15) is 115 Å². The van der Waals surface area contributed by atoms with Crippen LogP contribution >= 0.6 is 0 Å². The van der Waals surface area contributed by atoms with Gasteiger partial charge in [-0.05, 0) is 148 Å². The van der Waals surface area contributed by atoms with Gasteiger partial charge in [-0.25, -0.2) is 0 Å². The van der Waals surface area contributed by atoms with Crippen LogP contribution in [0.5, 0.6) is 0 Å². The van der Waals surface area contributed by atoms with E-state index in [-0.39, 0.29) is 89.2 Å². The Hall–Kier alpha value is -7.46. The minimum Gasteiger partial charge on any atom is -0.389 e. The summed E-state index contributed by atoms with van der Waals surface area (Å²) in [6.45, 7) is 2.27. The summed E-state index contributed by atoms with van der Waals surface area (Å²) in [5.74, 6) is -7.95. The fourth-order valence-electron chi connectivity index (χ4n) is 9.07. The number of nitrogens with zero attached hydrogens (tertiary/aromatic N) is 2. The molecule has 1 saturated heterocycles. The van der Waals surface area contributed by atoms with E-state index in [1.54, 1.807) is 18.2 Å². The lowest BCUT2D eigenvalue weighted by atomic mass is 10.0. The zero-order valence-electron chi connectivity index (χ0n) is 50.2. The number of nitrogens with one attached hydrogen (secondary N) is 11. The maximum absolute atomic E-state index is 14.6. The lowest BCUT2D eigenvalue weighted by Gasteiger charge is -2.30. The van der Waals surface area contributed by atoms with E-state index in [0.29, 0.717) is 89.7 Å². The summed E-state index contributed by atoms with van der Waals surface area (Å²) in [7, 11) is 0. The van der Waals surface area contributed by atoms with Crippen molar-refractivity contribution in [3.63, 3.8) is 0 Å². The molecule has 1 aromatic rings. The molecule has 32 heteroatoms. The standard InChI is InChI=1S/C55H99N21O11/c1-34(69-53(86)45(43(77)32-61)75-47(80)36(62)16-2-6-22-56)46(79)68-33-44(78)70-40(19-12-26-60)54(87)76-30-14-21-42(76)52(85)74-41(31-35-15-5-10-27-65-35)51(84)73-38(18-4-8-24-58)49(82)72-39(20-13-29-67-55(63)64)50(83)71-37(17-3-7-23-57)48(81)66-28-11-9-25-59/h5,10,15,20,27,34,36-38,40-43,45,77H,2-4,6-9,11-14,16-19,21-26,28-33,56-62H2,1H3,(H,66,81)(H,68,79)(H,69,86)(H,70,78)(H,71,83)(H,72,82)(H,73,84)(H,74,85)(H,75,80)(H4,63,64,67)/b39-20-/t34-,36-,37-,38-,40+,41-,42-,43-,45-/m0/s1. The van der Waals surface area contributed by atoms with Gasteiger partial charge in [-0.2, -0.15) is 0 Å². The SMILES string of the molecule is C[C@H](NC(=O)[C@@H](NC(=O)[C@@H](N)CCCCN)[C@@H](O)CN)C(=O)NCC(=O)N[C@H](CCCN)C(=O)N1CCC[C@H]1C(=O)N[C@@H](Cc1ccccn1)C(=O)N[C@@H](CCCCN)C(=O)N/C(=C\CCNC(=N)N)C(=O)N[C@@H](CCCCN)C(=O)NCCCCN. The van der Waals surface area contributed by atoms with E-state index in [2.05, 4.69) is 58.2 Å². The predicted octanol–water partition coefficient (Wildman–Crippen LogP) is -6.84. The quantitative estimate of drug-likeness (QED) is 0.0125. The Morgan fingerprint density at radius 1 is 0.655 bits per heavy atom. The van der Waals surface area contributed by atoms with Gasteiger partial charge in [0.25, 0.3) is 5.91 Å². The van der Waals surface area contributed by atoms with Crippen LogP contribution in [-0.4, -0.2) is 200 Å². The number of unbranched alkanes of at least 4 members (excludes halogenated alkanes) is 4. The number of carbonyl (C=O) groups excluding carboxylic acids is 10. The topological polar surface area (TPSA) is 559 Å². The van der Waals surface area contributed by atoms with E-state index in [9.17, 15) is 53.1 Å². The third-order valence-electron chi connectivity index (χ3n) is 14.0. The van der Waals surface area contributed by atoms with E-state index in [1.165, 1.54) is 24.1 Å². The van der Waals surface area contributed by atoms with Gasteiger partial charge in [0.2, 0.25) is 53.2 Å². The van der Waals surface area contributed by atoms with E-state index in [1.807, 2.05) is 0 Å². The van der Waals surface area contributed by atoms with Crippen LogP contribution in [0.25, 0.3) is 0 Å². The third-order valence-corrected chi connectivity index (χ3v) is 14.0. The Balaban J connectivity index is 2.36. The number of amides is 10. The number of hydrogen-bond acceptors (Lipinski definition) is 20. The summed E-state index contributed by atoms with van der Waals surface area (Å²) in [5, 5.41) is 44.1. The van der Waals surface area contributed by atoms with Gasteiger partial charge < -0.3 is 109 Å². The summed E-state index contributed by atoms with van der Waals surface area (Å²) < 4.78 is 0. The predicted molar refractivity (Wildman–Crippen MR) is 325 cm³/mol. The van der Waals surface area contributed by atoms with Crippen molar-refractivity contribution < 1.29 is 53.1 Å². The molecule has 87 heavy (non-hydrogen) atoms. The van der Waals surface area contributed by atoms with Crippen molar-refractivity contribution in [1.82, 2.24) is 63.1 Å². The number of aliphatic hydroxyl groups excluding tert-OH is 1. The molecule has 28 N–H and O–H groups in total. The molecule has 1 aromatic heterocycles. The first-order valence-corrected chi connectivity index (χ1v) is 30.0. The molecular formula is C55H99N21O11. The van der Waals surface area contributed by atoms with Crippen molar-refractivity contribution in [2.75, 3.05) is 65.4 Å². The highest BCUT2D eigenvalue weighted by Crippen LogP contribution is 2.21. The Morgan fingerprint density at radius 3 is 1.89 bits per heavy atom. The molecule has 1 aliphatic heterocycles. The van der Waals surface area contributed by atoms with Gasteiger partial charge in [0, 0.05) is 44.5 Å². The molecule has 0 spiro atoms. The number of aromatic nitrogens is 1. The third kappa shape index (κ3) is 29.2. The molecule has 0 aromatic carbocycles. The van der Waals surface area contributed by atoms with Gasteiger partial charge in [0.05, 0.1) is 18.7 Å². The second kappa shape index (κ2) is 43.2. The van der Waals surface area contributed by atoms with Gasteiger partial charge >= 0.3 is 0 Å². The first-order chi connectivity index (χ1) is 41.7. The van der Waals surface area contributed by atoms with Crippen LogP contribution in [0.3, 0.4) is 0 Å². The highest BCUT2D eigenvalue weighted by atomic mass is 16.3. The van der Waals surface area contributed by atoms with Gasteiger partial charge in [-0.3, -0.25) is 58.3 Å². The number of rotatable bonds is 44. The van der Waals surface area contributed by atoms with E-state index in [4.69, 9.17) is 51.3 Å². The lowest BCUT2D eigenvalue weighted by Crippen LogP contribution is -2.60. The van der Waals surface area contributed by atoms with Gasteiger partial charge in [0.1, 0.15) is 48.0 Å². The van der Waals surface area contributed by atoms with Crippen LogP contribution < -0.4 is 99.0 Å². The molecule has 10 amide bonds. The van der Waals surface area contributed by atoms with Gasteiger partial charge in [-0.15, -0.1) is 0 Å². The van der Waals surface area contributed by atoms with Crippen LogP contribution in [0.2, 0.25) is 0 Å². The van der Waals surface area contributed by atoms with Crippen molar-refractivity contribution >= 4 is 65.0 Å². The van der Waals surface area contributed by atoms with Gasteiger partial charge in [0.15, 0.2) is 5.96 Å². The Bertz CT molecular complexity index is 2370. The lowest BCUT2D eigenvalue weighted by molar-refractivity contribution is -0.142. The van der Waals surface area contributed by atoms with Crippen LogP contribution in [-0.2, 0) is 54.4 Å². The van der Waals surface area contributed by atoms with Crippen LogP contribution in [0.4, 0.5) is 0 Å². The zero-order chi connectivity index (χ0) is 64.7. The minimum absolute atomic E-state index is 0.0289. The number of carbonyl (C=O) groups is 10. The number of hydrogen-bond donors (Lipinski definition) is 20. The Morgan fingerprint density at radius 2 is 1.28 bits per heavy atom. The smallest absolute Gasteiger partial charge is 0.268 e. The average Bonchev–Trinajstić information content (AvgIpc) is 2.73. The van der Waals surface area contributed by atoms with E-state index < -0.39 is 127 Å². The maximum atomic E-state index is 14.6. The number of pyridine rings is 1. The second-order valence-corrected chi connectivity index (χ2v) is 21.1. The van der Waals surface area contributed by atoms with Crippen molar-refractivity contribution in [3.05, 3.63) is 41.9 Å². The summed E-state index contributed by atoms with van der Waals surface area (Å²) in [6.07, 6.45) is 6.88. The molecule has 0 saturated carbocycles. The minimum atomic E-state index is -1.57. The number of nitrogens with two attached hydrogens (primary N) is 8. The molecule has 2 rings (SSSR count). The molecule has 9 atom stereocenters. The maximum Gasteiger partial charge on any atom is 0.268 e. The van der Waals surface area contributed by atoms with Crippen molar-refractivity contribution in [1.29, 1.82) is 5.41 Å². The number of likely N-dealkylation sites (tertiary alicyclic amines) is 1. The number of guanidine groups is 1. The van der Waals surface area contributed by atoms with Gasteiger partial charge in [-0.1, -0.05) is 18.6 Å². The fraction of sp³-hybridized carbons (Fsp3) is 0.673. The molecule has 1 aliphatic rings. The summed E-state index contributed by atoms with van der Waals surface area (Å²) >= 11 is 0. The second-order valence-electron chi connectivity index (χ2n) is 21.1. The zero-order valence-corrected chi connectivity index (χ0v) is 50.2. The first-order valence-electron chi connectivity index (χ1n) is 30.0. The normalized spacial score (nSPS) is 15.8. The molecule has 0 radical (unpaired) electrons.